The fourth-order valence-electron chi connectivity index (χ4n) is 2.39. The molecule has 14 heavy (non-hydrogen) atoms. The van der Waals surface area contributed by atoms with Gasteiger partial charge in [0, 0.05) is 19.0 Å². The van der Waals surface area contributed by atoms with Crippen molar-refractivity contribution in [1.82, 2.24) is 5.32 Å². The fraction of sp³-hybridized carbons (Fsp3) is 0.500. The van der Waals surface area contributed by atoms with Crippen LogP contribution in [0.3, 0.4) is 0 Å². The van der Waals surface area contributed by atoms with Crippen LogP contribution in [0.1, 0.15) is 0 Å². The third kappa shape index (κ3) is 1.40. The van der Waals surface area contributed by atoms with Crippen molar-refractivity contribution in [1.29, 1.82) is 0 Å². The number of hydrogen-bond acceptors (Lipinski definition) is 1. The monoisotopic (exact) mass is 188 g/mol. The van der Waals surface area contributed by atoms with E-state index in [2.05, 4.69) is 5.32 Å². The van der Waals surface area contributed by atoms with Crippen LogP contribution in [0, 0.1) is 17.8 Å². The van der Waals surface area contributed by atoms with E-state index in [1.807, 2.05) is 30.3 Å². The minimum atomic E-state index is 0.785. The summed E-state index contributed by atoms with van der Waals surface area (Å²) in [5, 5.41) is 4.36. The van der Waals surface area contributed by atoms with Gasteiger partial charge in [0.1, 0.15) is 5.75 Å². The minimum absolute atomic E-state index is 0.785. The number of para-hydroxylation sites is 1. The molecule has 2 fully saturated rings. The second kappa shape index (κ2) is 3.28. The summed E-state index contributed by atoms with van der Waals surface area (Å²) >= 11 is 0. The number of nitrogens with zero attached hydrogens (tertiary/aromatic N) is 1. The minimum Gasteiger partial charge on any atom is -0.493 e. The molecule has 1 aliphatic heterocycles. The SMILES string of the molecule is c1ccc(OCC2[C@H]3C[N]C[C@@H]23)cc1. The fourth-order valence-corrected chi connectivity index (χ4v) is 2.39. The maximum Gasteiger partial charge on any atom is 0.119 e. The van der Waals surface area contributed by atoms with Crippen LogP contribution in [0.5, 0.6) is 5.75 Å². The third-order valence-corrected chi connectivity index (χ3v) is 3.37. The molecule has 1 aromatic rings. The van der Waals surface area contributed by atoms with Crippen molar-refractivity contribution in [2.75, 3.05) is 19.7 Å². The highest BCUT2D eigenvalue weighted by Crippen LogP contribution is 2.49. The molecule has 1 aliphatic carbocycles. The summed E-state index contributed by atoms with van der Waals surface area (Å²) in [6, 6.07) is 10.1. The lowest BCUT2D eigenvalue weighted by atomic mass is 10.3. The molecule has 73 valence electrons. The first-order valence-corrected chi connectivity index (χ1v) is 5.26. The molecule has 1 radical (unpaired) electrons. The Balaban J connectivity index is 1.52. The van der Waals surface area contributed by atoms with Gasteiger partial charge in [0.2, 0.25) is 0 Å². The highest BCUT2D eigenvalue weighted by molar-refractivity contribution is 5.21. The molecule has 1 aromatic carbocycles. The molecule has 1 saturated heterocycles. The molecule has 0 N–H and O–H groups in total. The van der Waals surface area contributed by atoms with Crippen LogP contribution in [0.15, 0.2) is 30.3 Å². The predicted octanol–water partition coefficient (Wildman–Crippen LogP) is 1.55. The summed E-state index contributed by atoms with van der Waals surface area (Å²) in [6.45, 7) is 3.04. The molecule has 0 amide bonds. The molecule has 2 heteroatoms. The smallest absolute Gasteiger partial charge is 0.119 e. The summed E-state index contributed by atoms with van der Waals surface area (Å²) in [7, 11) is 0. The molecule has 1 unspecified atom stereocenters. The first-order valence-electron chi connectivity index (χ1n) is 5.26. The van der Waals surface area contributed by atoms with Crippen molar-refractivity contribution in [2.45, 2.75) is 0 Å². The van der Waals surface area contributed by atoms with Crippen LogP contribution in [-0.4, -0.2) is 19.7 Å². The van der Waals surface area contributed by atoms with Crippen molar-refractivity contribution in [2.24, 2.45) is 17.8 Å². The van der Waals surface area contributed by atoms with E-state index in [-0.39, 0.29) is 0 Å². The Kier molecular flexibility index (Phi) is 1.95. The number of rotatable bonds is 3. The molecule has 0 spiro atoms. The third-order valence-electron chi connectivity index (χ3n) is 3.37. The molecular weight excluding hydrogens is 174 g/mol. The average molecular weight is 188 g/mol. The van der Waals surface area contributed by atoms with Crippen molar-refractivity contribution in [3.8, 4) is 5.75 Å². The van der Waals surface area contributed by atoms with Gasteiger partial charge in [-0.2, -0.15) is 0 Å². The normalized spacial score (nSPS) is 33.9. The van der Waals surface area contributed by atoms with Gasteiger partial charge in [0.25, 0.3) is 0 Å². The number of benzene rings is 1. The van der Waals surface area contributed by atoms with Gasteiger partial charge in [-0.1, -0.05) is 18.2 Å². The summed E-state index contributed by atoms with van der Waals surface area (Å²) in [5.74, 6) is 3.47. The van der Waals surface area contributed by atoms with Crippen LogP contribution in [0.4, 0.5) is 0 Å². The van der Waals surface area contributed by atoms with E-state index in [9.17, 15) is 0 Å². The van der Waals surface area contributed by atoms with Gasteiger partial charge in [-0.25, -0.2) is 5.32 Å². The standard InChI is InChI=1S/C12H14NO/c1-2-4-9(5-3-1)14-8-12-10-6-13-7-11(10)12/h1-5,10-12H,6-8H2/t10-,11+,12?. The van der Waals surface area contributed by atoms with E-state index >= 15 is 0 Å². The van der Waals surface area contributed by atoms with Gasteiger partial charge >= 0.3 is 0 Å². The highest BCUT2D eigenvalue weighted by Gasteiger charge is 2.53. The van der Waals surface area contributed by atoms with Crippen molar-refractivity contribution < 1.29 is 4.74 Å². The van der Waals surface area contributed by atoms with Crippen LogP contribution in [-0.2, 0) is 0 Å². The van der Waals surface area contributed by atoms with E-state index in [4.69, 9.17) is 4.74 Å². The largest absolute Gasteiger partial charge is 0.493 e. The summed E-state index contributed by atoms with van der Waals surface area (Å²) in [5.41, 5.74) is 0. The highest BCUT2D eigenvalue weighted by atomic mass is 16.5. The van der Waals surface area contributed by atoms with Gasteiger partial charge in [0.15, 0.2) is 0 Å². The maximum atomic E-state index is 5.72. The van der Waals surface area contributed by atoms with Crippen LogP contribution >= 0.6 is 0 Å². The second-order valence-electron chi connectivity index (χ2n) is 4.20. The quantitative estimate of drug-likeness (QED) is 0.705. The lowest BCUT2D eigenvalue weighted by Gasteiger charge is -2.06. The van der Waals surface area contributed by atoms with E-state index in [0.717, 1.165) is 43.2 Å². The van der Waals surface area contributed by atoms with E-state index in [1.54, 1.807) is 0 Å². The maximum absolute atomic E-state index is 5.72. The van der Waals surface area contributed by atoms with Gasteiger partial charge in [-0.05, 0) is 24.0 Å². The molecule has 2 aliphatic rings. The zero-order valence-corrected chi connectivity index (χ0v) is 8.10. The summed E-state index contributed by atoms with van der Waals surface area (Å²) < 4.78 is 5.72. The van der Waals surface area contributed by atoms with Crippen molar-refractivity contribution >= 4 is 0 Å². The van der Waals surface area contributed by atoms with E-state index < -0.39 is 0 Å². The molecule has 3 rings (SSSR count). The Morgan fingerprint density at radius 1 is 1.14 bits per heavy atom. The molecule has 1 saturated carbocycles. The topological polar surface area (TPSA) is 23.3 Å². The average Bonchev–Trinajstić information content (AvgIpc) is 2.69. The molecule has 0 bridgehead atoms. The van der Waals surface area contributed by atoms with Crippen LogP contribution in [0.25, 0.3) is 0 Å². The Hall–Kier alpha value is -1.02. The van der Waals surface area contributed by atoms with E-state index in [0.29, 0.717) is 0 Å². The first kappa shape index (κ1) is 8.30. The lowest BCUT2D eigenvalue weighted by molar-refractivity contribution is 0.280. The number of hydrogen-bond donors (Lipinski definition) is 0. The molecule has 0 aromatic heterocycles. The Morgan fingerprint density at radius 2 is 1.86 bits per heavy atom. The van der Waals surface area contributed by atoms with Gasteiger partial charge in [-0.3, -0.25) is 0 Å². The predicted molar refractivity (Wildman–Crippen MR) is 54.3 cm³/mol. The molecule has 2 nitrogen and oxygen atoms in total. The van der Waals surface area contributed by atoms with Crippen molar-refractivity contribution in [3.05, 3.63) is 30.3 Å². The number of ether oxygens (including phenoxy) is 1. The molecular formula is C12H14NO. The molecule has 1 heterocycles. The van der Waals surface area contributed by atoms with Gasteiger partial charge in [0.05, 0.1) is 6.61 Å². The lowest BCUT2D eigenvalue weighted by Crippen LogP contribution is -2.12. The molecule has 3 atom stereocenters. The van der Waals surface area contributed by atoms with Crippen LogP contribution in [0.2, 0.25) is 0 Å². The summed E-state index contributed by atoms with van der Waals surface area (Å²) in [6.07, 6.45) is 0. The van der Waals surface area contributed by atoms with Crippen molar-refractivity contribution in [3.63, 3.8) is 0 Å². The number of fused-ring (bicyclic) bond motifs is 1. The van der Waals surface area contributed by atoms with Gasteiger partial charge in [-0.15, -0.1) is 0 Å². The first-order chi connectivity index (χ1) is 6.95. The summed E-state index contributed by atoms with van der Waals surface area (Å²) in [4.78, 5) is 0. The zero-order valence-electron chi connectivity index (χ0n) is 8.10. The Labute approximate surface area is 84.3 Å². The second-order valence-corrected chi connectivity index (χ2v) is 4.20. The van der Waals surface area contributed by atoms with Gasteiger partial charge < -0.3 is 4.74 Å². The zero-order chi connectivity index (χ0) is 9.38. The Morgan fingerprint density at radius 3 is 2.57 bits per heavy atom. The number of piperidine rings is 1. The van der Waals surface area contributed by atoms with Crippen LogP contribution < -0.4 is 10.1 Å². The van der Waals surface area contributed by atoms with E-state index in [1.165, 1.54) is 0 Å². The Bertz CT molecular complexity index is 301.